The maximum absolute atomic E-state index is 11.8. The van der Waals surface area contributed by atoms with Crippen molar-refractivity contribution in [1.82, 2.24) is 4.90 Å². The lowest BCUT2D eigenvalue weighted by Gasteiger charge is -2.36. The molecule has 0 aromatic heterocycles. The van der Waals surface area contributed by atoms with Crippen molar-refractivity contribution in [2.45, 2.75) is 65.3 Å². The molecule has 0 spiro atoms. The molecule has 0 heterocycles. The standard InChI is InChI=1S/C14H31NO3Si/c1-13(2,3)18-12(16)15(7)10-11-17-19(8,9)14(4,5)6/h10-11H2,1-9H3. The van der Waals surface area contributed by atoms with E-state index >= 15 is 0 Å². The summed E-state index contributed by atoms with van der Waals surface area (Å²) in [6.07, 6.45) is -0.300. The molecule has 0 saturated heterocycles. The Morgan fingerprint density at radius 3 is 1.95 bits per heavy atom. The topological polar surface area (TPSA) is 38.8 Å². The summed E-state index contributed by atoms with van der Waals surface area (Å²) < 4.78 is 11.3. The van der Waals surface area contributed by atoms with Crippen LogP contribution in [-0.2, 0) is 9.16 Å². The van der Waals surface area contributed by atoms with Gasteiger partial charge in [-0.3, -0.25) is 0 Å². The highest BCUT2D eigenvalue weighted by Gasteiger charge is 2.37. The Kier molecular flexibility index (Phi) is 6.08. The van der Waals surface area contributed by atoms with Gasteiger partial charge in [0.05, 0.1) is 6.61 Å². The van der Waals surface area contributed by atoms with Crippen LogP contribution in [0, 0.1) is 0 Å². The van der Waals surface area contributed by atoms with Gasteiger partial charge in [0, 0.05) is 13.6 Å². The van der Waals surface area contributed by atoms with Gasteiger partial charge >= 0.3 is 6.09 Å². The lowest BCUT2D eigenvalue weighted by molar-refractivity contribution is 0.0275. The highest BCUT2D eigenvalue weighted by molar-refractivity contribution is 6.74. The predicted octanol–water partition coefficient (Wildman–Crippen LogP) is 3.88. The number of carbonyl (C=O) groups excluding carboxylic acids is 1. The summed E-state index contributed by atoms with van der Waals surface area (Å²) in [5, 5.41) is 0.192. The summed E-state index contributed by atoms with van der Waals surface area (Å²) in [4.78, 5) is 13.3. The third-order valence-electron chi connectivity index (χ3n) is 3.40. The van der Waals surface area contributed by atoms with E-state index in [0.29, 0.717) is 13.2 Å². The minimum absolute atomic E-state index is 0.192. The molecule has 0 atom stereocenters. The first kappa shape index (κ1) is 18.4. The molecule has 0 radical (unpaired) electrons. The average Bonchev–Trinajstić information content (AvgIpc) is 2.12. The van der Waals surface area contributed by atoms with Crippen LogP contribution in [0.3, 0.4) is 0 Å². The van der Waals surface area contributed by atoms with Crippen LogP contribution in [0.1, 0.15) is 41.5 Å². The van der Waals surface area contributed by atoms with Crippen molar-refractivity contribution in [1.29, 1.82) is 0 Å². The molecule has 0 unspecified atom stereocenters. The zero-order valence-corrected chi connectivity index (χ0v) is 15.1. The zero-order valence-electron chi connectivity index (χ0n) is 14.1. The van der Waals surface area contributed by atoms with E-state index < -0.39 is 13.9 Å². The van der Waals surface area contributed by atoms with Crippen molar-refractivity contribution in [3.63, 3.8) is 0 Å². The van der Waals surface area contributed by atoms with E-state index in [1.165, 1.54) is 0 Å². The first-order valence-electron chi connectivity index (χ1n) is 6.84. The minimum Gasteiger partial charge on any atom is -0.444 e. The second-order valence-corrected chi connectivity index (χ2v) is 12.3. The number of hydrogen-bond acceptors (Lipinski definition) is 3. The van der Waals surface area contributed by atoms with Crippen molar-refractivity contribution in [3.05, 3.63) is 0 Å². The molecule has 0 fully saturated rings. The molecule has 0 bridgehead atoms. The van der Waals surface area contributed by atoms with Crippen LogP contribution in [0.15, 0.2) is 0 Å². The Balaban J connectivity index is 4.19. The minimum atomic E-state index is -1.73. The van der Waals surface area contributed by atoms with E-state index in [1.807, 2.05) is 20.8 Å². The Hall–Kier alpha value is -0.553. The van der Waals surface area contributed by atoms with Gasteiger partial charge in [-0.2, -0.15) is 0 Å². The van der Waals surface area contributed by atoms with E-state index in [1.54, 1.807) is 11.9 Å². The van der Waals surface area contributed by atoms with Gasteiger partial charge in [-0.25, -0.2) is 4.79 Å². The summed E-state index contributed by atoms with van der Waals surface area (Å²) in [6, 6.07) is 0. The fraction of sp³-hybridized carbons (Fsp3) is 0.929. The van der Waals surface area contributed by atoms with Gasteiger partial charge < -0.3 is 14.1 Å². The molecule has 19 heavy (non-hydrogen) atoms. The van der Waals surface area contributed by atoms with Gasteiger partial charge in [0.2, 0.25) is 0 Å². The Morgan fingerprint density at radius 2 is 1.58 bits per heavy atom. The normalized spacial score (nSPS) is 13.3. The van der Waals surface area contributed by atoms with E-state index in [0.717, 1.165) is 0 Å². The first-order chi connectivity index (χ1) is 8.26. The Morgan fingerprint density at radius 1 is 1.11 bits per heavy atom. The molecule has 114 valence electrons. The van der Waals surface area contributed by atoms with Crippen LogP contribution in [0.5, 0.6) is 0 Å². The summed E-state index contributed by atoms with van der Waals surface area (Å²) in [7, 11) is 0.00705. The van der Waals surface area contributed by atoms with Crippen molar-refractivity contribution in [2.75, 3.05) is 20.2 Å². The van der Waals surface area contributed by atoms with Crippen LogP contribution >= 0.6 is 0 Å². The number of likely N-dealkylation sites (N-methyl/N-ethyl adjacent to an activating group) is 1. The van der Waals surface area contributed by atoms with Crippen LogP contribution in [0.2, 0.25) is 18.1 Å². The van der Waals surface area contributed by atoms with E-state index in [4.69, 9.17) is 9.16 Å². The molecule has 0 aromatic rings. The molecule has 5 heteroatoms. The molecule has 0 aliphatic carbocycles. The molecule has 0 aromatic carbocycles. The van der Waals surface area contributed by atoms with E-state index in [2.05, 4.69) is 33.9 Å². The van der Waals surface area contributed by atoms with Crippen LogP contribution in [0.25, 0.3) is 0 Å². The quantitative estimate of drug-likeness (QED) is 0.737. The fourth-order valence-electron chi connectivity index (χ4n) is 1.09. The van der Waals surface area contributed by atoms with Crippen LogP contribution < -0.4 is 0 Å². The van der Waals surface area contributed by atoms with Gasteiger partial charge in [0.15, 0.2) is 8.32 Å². The molecule has 0 N–H and O–H groups in total. The maximum atomic E-state index is 11.8. The maximum Gasteiger partial charge on any atom is 0.410 e. The molecule has 0 aliphatic heterocycles. The largest absolute Gasteiger partial charge is 0.444 e. The van der Waals surface area contributed by atoms with Gasteiger partial charge in [0.1, 0.15) is 5.60 Å². The number of rotatable bonds is 4. The smallest absolute Gasteiger partial charge is 0.410 e. The Labute approximate surface area is 119 Å². The number of ether oxygens (including phenoxy) is 1. The SMILES string of the molecule is CN(CCO[Si](C)(C)C(C)(C)C)C(=O)OC(C)(C)C. The number of carbonyl (C=O) groups is 1. The summed E-state index contributed by atoms with van der Waals surface area (Å²) >= 11 is 0. The number of amides is 1. The van der Waals surface area contributed by atoms with Crippen molar-refractivity contribution in [3.8, 4) is 0 Å². The fourth-order valence-corrected chi connectivity index (χ4v) is 2.12. The van der Waals surface area contributed by atoms with Crippen molar-refractivity contribution in [2.24, 2.45) is 0 Å². The summed E-state index contributed by atoms with van der Waals surface area (Å²) in [5.74, 6) is 0. The number of hydrogen-bond donors (Lipinski definition) is 0. The predicted molar refractivity (Wildman–Crippen MR) is 82.0 cm³/mol. The van der Waals surface area contributed by atoms with Crippen molar-refractivity contribution >= 4 is 14.4 Å². The van der Waals surface area contributed by atoms with Gasteiger partial charge in [0.25, 0.3) is 0 Å². The monoisotopic (exact) mass is 289 g/mol. The Bertz CT molecular complexity index is 303. The second-order valence-electron chi connectivity index (χ2n) is 7.51. The summed E-state index contributed by atoms with van der Waals surface area (Å²) in [5.41, 5.74) is -0.453. The third-order valence-corrected chi connectivity index (χ3v) is 7.94. The molecular formula is C14H31NO3Si. The molecule has 1 amide bonds. The third kappa shape index (κ3) is 6.97. The molecule has 0 rings (SSSR count). The van der Waals surface area contributed by atoms with Crippen LogP contribution in [-0.4, -0.2) is 45.1 Å². The van der Waals surface area contributed by atoms with Gasteiger partial charge in [-0.1, -0.05) is 20.8 Å². The number of nitrogens with zero attached hydrogens (tertiary/aromatic N) is 1. The highest BCUT2D eigenvalue weighted by Crippen LogP contribution is 2.36. The molecule has 4 nitrogen and oxygen atoms in total. The van der Waals surface area contributed by atoms with Gasteiger partial charge in [-0.05, 0) is 38.9 Å². The molecule has 0 saturated carbocycles. The highest BCUT2D eigenvalue weighted by atomic mass is 28.4. The average molecular weight is 289 g/mol. The van der Waals surface area contributed by atoms with Gasteiger partial charge in [-0.15, -0.1) is 0 Å². The zero-order chi connectivity index (χ0) is 15.5. The lowest BCUT2D eigenvalue weighted by Crippen LogP contribution is -2.43. The van der Waals surface area contributed by atoms with Crippen molar-refractivity contribution < 1.29 is 14.0 Å². The molecule has 0 aliphatic rings. The summed E-state index contributed by atoms with van der Waals surface area (Å²) in [6.45, 7) is 17.7. The van der Waals surface area contributed by atoms with Crippen LogP contribution in [0.4, 0.5) is 4.79 Å². The second kappa shape index (κ2) is 6.26. The molecular weight excluding hydrogens is 258 g/mol. The van der Waals surface area contributed by atoms with E-state index in [9.17, 15) is 4.79 Å². The first-order valence-corrected chi connectivity index (χ1v) is 9.75. The lowest BCUT2D eigenvalue weighted by atomic mass is 10.2. The van der Waals surface area contributed by atoms with E-state index in [-0.39, 0.29) is 11.1 Å².